The Morgan fingerprint density at radius 3 is 2.36 bits per heavy atom. The summed E-state index contributed by atoms with van der Waals surface area (Å²) in [6, 6.07) is 30.0. The fourth-order valence-electron chi connectivity index (χ4n) is 3.89. The first-order chi connectivity index (χ1) is 13.9. The molecule has 144 valence electrons. The van der Waals surface area contributed by atoms with Crippen LogP contribution in [0.4, 0.5) is 0 Å². The van der Waals surface area contributed by atoms with E-state index in [4.69, 9.17) is 4.74 Å². The third kappa shape index (κ3) is 4.80. The van der Waals surface area contributed by atoms with E-state index in [1.807, 2.05) is 18.2 Å². The largest absolute Gasteiger partial charge is 0.489 e. The molecule has 3 aromatic carbocycles. The maximum Gasteiger partial charge on any atom is 0.120 e. The van der Waals surface area contributed by atoms with Gasteiger partial charge in [-0.25, -0.2) is 0 Å². The average Bonchev–Trinajstić information content (AvgIpc) is 3.04. The Balaban J connectivity index is 1.59. The quantitative estimate of drug-likeness (QED) is 0.682. The highest BCUT2D eigenvalue weighted by molar-refractivity contribution is 5.37. The molecule has 3 aromatic rings. The van der Waals surface area contributed by atoms with Crippen molar-refractivity contribution in [2.75, 3.05) is 26.2 Å². The van der Waals surface area contributed by atoms with Crippen LogP contribution >= 0.6 is 0 Å². The van der Waals surface area contributed by atoms with Gasteiger partial charge in [0, 0.05) is 19.6 Å². The molecule has 0 amide bonds. The van der Waals surface area contributed by atoms with Crippen molar-refractivity contribution in [2.24, 2.45) is 0 Å². The van der Waals surface area contributed by atoms with Crippen LogP contribution in [-0.2, 0) is 6.61 Å². The summed E-state index contributed by atoms with van der Waals surface area (Å²) in [5, 5.41) is 3.52. The number of ether oxygens (including phenoxy) is 1. The molecule has 1 saturated heterocycles. The summed E-state index contributed by atoms with van der Waals surface area (Å²) < 4.78 is 6.10. The highest BCUT2D eigenvalue weighted by Gasteiger charge is 2.23. The minimum atomic E-state index is 0.251. The van der Waals surface area contributed by atoms with Crippen LogP contribution in [0, 0.1) is 0 Å². The van der Waals surface area contributed by atoms with Gasteiger partial charge in [0.15, 0.2) is 0 Å². The lowest BCUT2D eigenvalue weighted by Gasteiger charge is -2.31. The number of rotatable bonds is 6. The van der Waals surface area contributed by atoms with Gasteiger partial charge in [-0.1, -0.05) is 72.8 Å². The van der Waals surface area contributed by atoms with Crippen LogP contribution in [0.3, 0.4) is 0 Å². The van der Waals surface area contributed by atoms with Crippen LogP contribution in [0.1, 0.15) is 29.2 Å². The first kappa shape index (κ1) is 18.7. The summed E-state index contributed by atoms with van der Waals surface area (Å²) in [5.41, 5.74) is 3.81. The number of hydrogen-bond donors (Lipinski definition) is 1. The van der Waals surface area contributed by atoms with E-state index in [-0.39, 0.29) is 6.04 Å². The standard InChI is InChI=1S/C25H28N2O/c1-3-9-21(10-4-1)20-28-24-14-7-13-23(19-24)25(22-11-5-2-6-12-22)27-17-8-15-26-16-18-27/h1-7,9-14,19,25-26H,8,15-18,20H2. The number of nitrogens with zero attached hydrogens (tertiary/aromatic N) is 1. The van der Waals surface area contributed by atoms with Gasteiger partial charge in [-0.15, -0.1) is 0 Å². The molecule has 1 heterocycles. The summed E-state index contributed by atoms with van der Waals surface area (Å²) in [4.78, 5) is 2.59. The highest BCUT2D eigenvalue weighted by Crippen LogP contribution is 2.31. The van der Waals surface area contributed by atoms with Gasteiger partial charge in [-0.2, -0.15) is 0 Å². The molecule has 1 aliphatic rings. The van der Waals surface area contributed by atoms with Crippen molar-refractivity contribution in [1.29, 1.82) is 0 Å². The topological polar surface area (TPSA) is 24.5 Å². The van der Waals surface area contributed by atoms with Crippen LogP contribution in [-0.4, -0.2) is 31.1 Å². The Labute approximate surface area is 168 Å². The molecular formula is C25H28N2O. The van der Waals surface area contributed by atoms with Crippen LogP contribution in [0.5, 0.6) is 5.75 Å². The van der Waals surface area contributed by atoms with E-state index in [0.717, 1.165) is 31.9 Å². The first-order valence-electron chi connectivity index (χ1n) is 10.2. The summed E-state index contributed by atoms with van der Waals surface area (Å²) >= 11 is 0. The second kappa shape index (κ2) is 9.54. The molecule has 1 aliphatic heterocycles. The third-order valence-electron chi connectivity index (χ3n) is 5.28. The fraction of sp³-hybridized carbons (Fsp3) is 0.280. The zero-order chi connectivity index (χ0) is 19.0. The van der Waals surface area contributed by atoms with E-state index in [2.05, 4.69) is 76.9 Å². The molecule has 3 heteroatoms. The molecule has 1 atom stereocenters. The van der Waals surface area contributed by atoms with Crippen LogP contribution < -0.4 is 10.1 Å². The van der Waals surface area contributed by atoms with Crippen molar-refractivity contribution in [3.63, 3.8) is 0 Å². The van der Waals surface area contributed by atoms with E-state index in [1.54, 1.807) is 0 Å². The van der Waals surface area contributed by atoms with E-state index >= 15 is 0 Å². The smallest absolute Gasteiger partial charge is 0.120 e. The predicted octanol–water partition coefficient (Wildman–Crippen LogP) is 4.65. The van der Waals surface area contributed by atoms with E-state index in [1.165, 1.54) is 23.1 Å². The molecule has 0 aromatic heterocycles. The Morgan fingerprint density at radius 1 is 0.786 bits per heavy atom. The van der Waals surface area contributed by atoms with Gasteiger partial charge in [0.1, 0.15) is 12.4 Å². The number of hydrogen-bond acceptors (Lipinski definition) is 3. The van der Waals surface area contributed by atoms with Gasteiger partial charge in [0.05, 0.1) is 6.04 Å². The Morgan fingerprint density at radius 2 is 1.54 bits per heavy atom. The van der Waals surface area contributed by atoms with E-state index in [9.17, 15) is 0 Å². The van der Waals surface area contributed by atoms with Crippen molar-refractivity contribution in [3.8, 4) is 5.75 Å². The third-order valence-corrected chi connectivity index (χ3v) is 5.28. The minimum absolute atomic E-state index is 0.251. The number of benzene rings is 3. The van der Waals surface area contributed by atoms with Crippen molar-refractivity contribution in [2.45, 2.75) is 19.1 Å². The second-order valence-electron chi connectivity index (χ2n) is 7.30. The van der Waals surface area contributed by atoms with Crippen molar-refractivity contribution >= 4 is 0 Å². The lowest BCUT2D eigenvalue weighted by Crippen LogP contribution is -2.33. The molecule has 1 N–H and O–H groups in total. The van der Waals surface area contributed by atoms with Crippen molar-refractivity contribution < 1.29 is 4.74 Å². The van der Waals surface area contributed by atoms with Gasteiger partial charge in [-0.3, -0.25) is 4.90 Å². The van der Waals surface area contributed by atoms with Crippen LogP contribution in [0.15, 0.2) is 84.9 Å². The van der Waals surface area contributed by atoms with E-state index < -0.39 is 0 Å². The van der Waals surface area contributed by atoms with Gasteiger partial charge in [-0.05, 0) is 41.8 Å². The molecule has 0 aliphatic carbocycles. The van der Waals surface area contributed by atoms with Crippen molar-refractivity contribution in [3.05, 3.63) is 102 Å². The first-order valence-corrected chi connectivity index (χ1v) is 10.2. The maximum absolute atomic E-state index is 6.10. The van der Waals surface area contributed by atoms with Crippen LogP contribution in [0.25, 0.3) is 0 Å². The van der Waals surface area contributed by atoms with Gasteiger partial charge < -0.3 is 10.1 Å². The van der Waals surface area contributed by atoms with Crippen LogP contribution in [0.2, 0.25) is 0 Å². The molecule has 4 rings (SSSR count). The summed E-state index contributed by atoms with van der Waals surface area (Å²) in [5.74, 6) is 0.926. The minimum Gasteiger partial charge on any atom is -0.489 e. The molecule has 1 fully saturated rings. The zero-order valence-corrected chi connectivity index (χ0v) is 16.3. The Kier molecular flexibility index (Phi) is 6.38. The second-order valence-corrected chi connectivity index (χ2v) is 7.30. The Hall–Kier alpha value is -2.62. The summed E-state index contributed by atoms with van der Waals surface area (Å²) in [6.45, 7) is 4.87. The van der Waals surface area contributed by atoms with E-state index in [0.29, 0.717) is 6.61 Å². The molecule has 0 saturated carbocycles. The maximum atomic E-state index is 6.10. The monoisotopic (exact) mass is 372 g/mol. The lowest BCUT2D eigenvalue weighted by molar-refractivity contribution is 0.240. The molecule has 0 bridgehead atoms. The zero-order valence-electron chi connectivity index (χ0n) is 16.3. The van der Waals surface area contributed by atoms with Gasteiger partial charge >= 0.3 is 0 Å². The number of nitrogens with one attached hydrogen (secondary N) is 1. The summed E-state index contributed by atoms with van der Waals surface area (Å²) in [6.07, 6.45) is 1.17. The molecule has 1 unspecified atom stereocenters. The fourth-order valence-corrected chi connectivity index (χ4v) is 3.89. The lowest BCUT2D eigenvalue weighted by atomic mass is 9.96. The SMILES string of the molecule is c1ccc(COc2cccc(C(c3ccccc3)N3CCCNCC3)c2)cc1. The normalized spacial score (nSPS) is 16.3. The molecule has 3 nitrogen and oxygen atoms in total. The van der Waals surface area contributed by atoms with Crippen molar-refractivity contribution in [1.82, 2.24) is 10.2 Å². The highest BCUT2D eigenvalue weighted by atomic mass is 16.5. The Bertz CT molecular complexity index is 843. The molecule has 0 radical (unpaired) electrons. The van der Waals surface area contributed by atoms with Gasteiger partial charge in [0.25, 0.3) is 0 Å². The average molecular weight is 373 g/mol. The predicted molar refractivity (Wildman–Crippen MR) is 115 cm³/mol. The summed E-state index contributed by atoms with van der Waals surface area (Å²) in [7, 11) is 0. The molecule has 0 spiro atoms. The molecular weight excluding hydrogens is 344 g/mol. The molecule has 28 heavy (non-hydrogen) atoms. The van der Waals surface area contributed by atoms with Gasteiger partial charge in [0.2, 0.25) is 0 Å².